The molecule has 1 fully saturated rings. The smallest absolute Gasteiger partial charge is 0.309 e. The van der Waals surface area contributed by atoms with Crippen molar-refractivity contribution in [1.29, 1.82) is 0 Å². The standard InChI is InChI=1S/C19H25N3O2/c1-3-4-7-19(18(23)24)8-10-21(11-9-19)14-16-12-20-17-6-5-15(2)13-22(16)17/h3,5-6,12-13H,1,4,7-11,14H2,2H3,(H,23,24). The Hall–Kier alpha value is -2.14. The lowest BCUT2D eigenvalue weighted by molar-refractivity contribution is -0.152. The molecule has 1 saturated heterocycles. The van der Waals surface area contributed by atoms with E-state index in [9.17, 15) is 9.90 Å². The van der Waals surface area contributed by atoms with Crippen molar-refractivity contribution in [2.45, 2.75) is 39.2 Å². The van der Waals surface area contributed by atoms with Gasteiger partial charge in [0.05, 0.1) is 17.3 Å². The minimum absolute atomic E-state index is 0.583. The van der Waals surface area contributed by atoms with Gasteiger partial charge < -0.3 is 9.51 Å². The maximum atomic E-state index is 11.8. The van der Waals surface area contributed by atoms with Crippen molar-refractivity contribution in [3.05, 3.63) is 48.4 Å². The fourth-order valence-corrected chi connectivity index (χ4v) is 3.57. The molecular weight excluding hydrogens is 302 g/mol. The van der Waals surface area contributed by atoms with Crippen LogP contribution in [0.1, 0.15) is 36.9 Å². The summed E-state index contributed by atoms with van der Waals surface area (Å²) in [5, 5.41) is 9.66. The van der Waals surface area contributed by atoms with Crippen LogP contribution >= 0.6 is 0 Å². The van der Waals surface area contributed by atoms with Gasteiger partial charge in [-0.25, -0.2) is 4.98 Å². The molecule has 1 N–H and O–H groups in total. The van der Waals surface area contributed by atoms with Gasteiger partial charge >= 0.3 is 5.97 Å². The summed E-state index contributed by atoms with van der Waals surface area (Å²) in [6.07, 6.45) is 8.70. The van der Waals surface area contributed by atoms with Crippen molar-refractivity contribution in [3.8, 4) is 0 Å². The molecule has 3 rings (SSSR count). The normalized spacial score (nSPS) is 17.9. The SMILES string of the molecule is C=CCCC1(C(=O)O)CCN(Cc2cnc3ccc(C)cn23)CC1. The number of hydrogen-bond donors (Lipinski definition) is 1. The van der Waals surface area contributed by atoms with Crippen LogP contribution in [0.4, 0.5) is 0 Å². The minimum Gasteiger partial charge on any atom is -0.481 e. The molecule has 2 aromatic heterocycles. The number of aromatic nitrogens is 2. The van der Waals surface area contributed by atoms with E-state index in [2.05, 4.69) is 40.1 Å². The molecule has 0 unspecified atom stereocenters. The molecule has 0 saturated carbocycles. The van der Waals surface area contributed by atoms with Gasteiger partial charge in [-0.2, -0.15) is 0 Å². The first-order valence-corrected chi connectivity index (χ1v) is 8.53. The molecule has 0 radical (unpaired) electrons. The van der Waals surface area contributed by atoms with Gasteiger partial charge in [-0.3, -0.25) is 9.69 Å². The molecule has 5 heteroatoms. The molecule has 0 aliphatic carbocycles. The van der Waals surface area contributed by atoms with E-state index in [1.54, 1.807) is 0 Å². The van der Waals surface area contributed by atoms with Crippen LogP contribution in [-0.2, 0) is 11.3 Å². The third-order valence-electron chi connectivity index (χ3n) is 5.21. The lowest BCUT2D eigenvalue weighted by Crippen LogP contribution is -2.44. The summed E-state index contributed by atoms with van der Waals surface area (Å²) in [5.74, 6) is -0.658. The van der Waals surface area contributed by atoms with Crippen molar-refractivity contribution in [1.82, 2.24) is 14.3 Å². The number of nitrogens with zero attached hydrogens (tertiary/aromatic N) is 3. The Balaban J connectivity index is 1.69. The van der Waals surface area contributed by atoms with Crippen LogP contribution < -0.4 is 0 Å². The second-order valence-corrected chi connectivity index (χ2v) is 6.87. The third-order valence-corrected chi connectivity index (χ3v) is 5.21. The highest BCUT2D eigenvalue weighted by atomic mass is 16.4. The van der Waals surface area contributed by atoms with Crippen molar-refractivity contribution >= 4 is 11.6 Å². The highest BCUT2D eigenvalue weighted by Gasteiger charge is 2.40. The Kier molecular flexibility index (Phi) is 4.71. The minimum atomic E-state index is -0.658. The van der Waals surface area contributed by atoms with Gasteiger partial charge in [0.15, 0.2) is 0 Å². The van der Waals surface area contributed by atoms with Crippen LogP contribution in [0.2, 0.25) is 0 Å². The third kappa shape index (κ3) is 3.22. The first-order valence-electron chi connectivity index (χ1n) is 8.53. The van der Waals surface area contributed by atoms with Crippen molar-refractivity contribution in [2.24, 2.45) is 5.41 Å². The first kappa shape index (κ1) is 16.7. The van der Waals surface area contributed by atoms with Gasteiger partial charge in [0.2, 0.25) is 0 Å². The average molecular weight is 327 g/mol. The number of aliphatic carboxylic acids is 1. The zero-order valence-corrected chi connectivity index (χ0v) is 14.2. The first-order chi connectivity index (χ1) is 11.5. The Morgan fingerprint density at radius 2 is 2.17 bits per heavy atom. The molecule has 0 atom stereocenters. The van der Waals surface area contributed by atoms with E-state index in [4.69, 9.17) is 0 Å². The van der Waals surface area contributed by atoms with Gasteiger partial charge in [0.25, 0.3) is 0 Å². The van der Waals surface area contributed by atoms with Crippen LogP contribution in [0.3, 0.4) is 0 Å². The predicted octanol–water partition coefficient (Wildman–Crippen LogP) is 3.28. The highest BCUT2D eigenvalue weighted by molar-refractivity contribution is 5.74. The Bertz CT molecular complexity index is 742. The van der Waals surface area contributed by atoms with Crippen LogP contribution in [0, 0.1) is 12.3 Å². The monoisotopic (exact) mass is 327 g/mol. The summed E-state index contributed by atoms with van der Waals surface area (Å²) in [4.78, 5) is 18.5. The van der Waals surface area contributed by atoms with Gasteiger partial charge in [0.1, 0.15) is 5.65 Å². The fraction of sp³-hybridized carbons (Fsp3) is 0.474. The molecule has 0 amide bonds. The molecule has 0 aromatic carbocycles. The Labute approximate surface area is 142 Å². The summed E-state index contributed by atoms with van der Waals surface area (Å²) in [5.41, 5.74) is 2.73. The predicted molar refractivity (Wildman–Crippen MR) is 93.9 cm³/mol. The maximum absolute atomic E-state index is 11.8. The molecule has 2 aromatic rings. The van der Waals surface area contributed by atoms with E-state index < -0.39 is 11.4 Å². The van der Waals surface area contributed by atoms with Crippen molar-refractivity contribution in [2.75, 3.05) is 13.1 Å². The highest BCUT2D eigenvalue weighted by Crippen LogP contribution is 2.37. The van der Waals surface area contributed by atoms with Gasteiger partial charge in [0, 0.05) is 12.7 Å². The number of carbonyl (C=O) groups is 1. The van der Waals surface area contributed by atoms with Gasteiger partial charge in [-0.05, 0) is 57.3 Å². The van der Waals surface area contributed by atoms with Gasteiger partial charge in [-0.15, -0.1) is 6.58 Å². The van der Waals surface area contributed by atoms with Crippen LogP contribution in [0.15, 0.2) is 37.2 Å². The number of pyridine rings is 1. The maximum Gasteiger partial charge on any atom is 0.309 e. The molecule has 0 spiro atoms. The average Bonchev–Trinajstić information content (AvgIpc) is 2.96. The zero-order valence-electron chi connectivity index (χ0n) is 14.2. The molecule has 24 heavy (non-hydrogen) atoms. The second kappa shape index (κ2) is 6.77. The number of likely N-dealkylation sites (tertiary alicyclic amines) is 1. The molecule has 1 aliphatic rings. The summed E-state index contributed by atoms with van der Waals surface area (Å²) in [6.45, 7) is 8.22. The lowest BCUT2D eigenvalue weighted by atomic mass is 9.75. The zero-order chi connectivity index (χ0) is 17.2. The number of rotatable bonds is 6. The van der Waals surface area contributed by atoms with E-state index >= 15 is 0 Å². The largest absolute Gasteiger partial charge is 0.481 e. The number of fused-ring (bicyclic) bond motifs is 1. The summed E-state index contributed by atoms with van der Waals surface area (Å²) >= 11 is 0. The van der Waals surface area contributed by atoms with Gasteiger partial charge in [-0.1, -0.05) is 12.1 Å². The molecular formula is C19H25N3O2. The summed E-state index contributed by atoms with van der Waals surface area (Å²) in [6, 6.07) is 4.09. The number of hydrogen-bond acceptors (Lipinski definition) is 3. The topological polar surface area (TPSA) is 57.8 Å². The Morgan fingerprint density at radius 3 is 2.83 bits per heavy atom. The molecule has 128 valence electrons. The number of allylic oxidation sites excluding steroid dienone is 1. The van der Waals surface area contributed by atoms with E-state index in [1.165, 1.54) is 5.56 Å². The molecule has 1 aliphatic heterocycles. The van der Waals surface area contributed by atoms with E-state index in [1.807, 2.05) is 18.3 Å². The van der Waals surface area contributed by atoms with Crippen LogP contribution in [0.25, 0.3) is 5.65 Å². The molecule has 3 heterocycles. The van der Waals surface area contributed by atoms with Crippen molar-refractivity contribution < 1.29 is 9.90 Å². The van der Waals surface area contributed by atoms with E-state index in [0.717, 1.165) is 37.4 Å². The second-order valence-electron chi connectivity index (χ2n) is 6.87. The quantitative estimate of drug-likeness (QED) is 0.827. The number of carboxylic acid groups (broad SMARTS) is 1. The number of imidazole rings is 1. The number of carboxylic acids is 1. The molecule has 0 bridgehead atoms. The van der Waals surface area contributed by atoms with Crippen molar-refractivity contribution in [3.63, 3.8) is 0 Å². The summed E-state index contributed by atoms with van der Waals surface area (Å²) in [7, 11) is 0. The van der Waals surface area contributed by atoms with E-state index in [-0.39, 0.29) is 0 Å². The Morgan fingerprint density at radius 1 is 1.42 bits per heavy atom. The van der Waals surface area contributed by atoms with Crippen LogP contribution in [-0.4, -0.2) is 38.4 Å². The fourth-order valence-electron chi connectivity index (χ4n) is 3.57. The summed E-state index contributed by atoms with van der Waals surface area (Å²) < 4.78 is 2.13. The number of aryl methyl sites for hydroxylation is 1. The lowest BCUT2D eigenvalue weighted by Gasteiger charge is -2.38. The van der Waals surface area contributed by atoms with E-state index in [0.29, 0.717) is 19.3 Å². The van der Waals surface area contributed by atoms with Crippen LogP contribution in [0.5, 0.6) is 0 Å². The molecule has 5 nitrogen and oxygen atoms in total. The number of piperidine rings is 1.